The van der Waals surface area contributed by atoms with E-state index in [4.69, 9.17) is 4.74 Å². The number of methoxy groups -OCH3 is 1. The molecule has 20 heavy (non-hydrogen) atoms. The van der Waals surface area contributed by atoms with Crippen molar-refractivity contribution in [3.63, 3.8) is 0 Å². The zero-order valence-electron chi connectivity index (χ0n) is 11.2. The summed E-state index contributed by atoms with van der Waals surface area (Å²) >= 11 is 0. The van der Waals surface area contributed by atoms with Gasteiger partial charge in [-0.3, -0.25) is 4.79 Å². The zero-order chi connectivity index (χ0) is 14.7. The fraction of sp³-hybridized carbons (Fsp3) is 0.125. The minimum atomic E-state index is -1.15. The fourth-order valence-corrected chi connectivity index (χ4v) is 1.89. The molecule has 0 heterocycles. The number of aromatic carboxylic acids is 1. The van der Waals surface area contributed by atoms with Gasteiger partial charge in [0.05, 0.1) is 12.7 Å². The van der Waals surface area contributed by atoms with Crippen LogP contribution in [0.3, 0.4) is 0 Å². The molecule has 0 atom stereocenters. The summed E-state index contributed by atoms with van der Waals surface area (Å²) < 4.78 is 4.99. The lowest BCUT2D eigenvalue weighted by molar-refractivity contribution is 0.0692. The number of carboxylic acid groups (broad SMARTS) is 1. The minimum absolute atomic E-state index is 0.0603. The van der Waals surface area contributed by atoms with Crippen molar-refractivity contribution in [3.8, 4) is 5.75 Å². The van der Waals surface area contributed by atoms with Crippen LogP contribution in [0.2, 0.25) is 0 Å². The van der Waals surface area contributed by atoms with Crippen molar-refractivity contribution in [1.29, 1.82) is 0 Å². The number of rotatable bonds is 4. The number of benzene rings is 2. The first-order valence-electron chi connectivity index (χ1n) is 6.05. The number of hydrogen-bond acceptors (Lipinski definition) is 3. The number of carbonyl (C=O) groups excluding carboxylic acids is 1. The van der Waals surface area contributed by atoms with E-state index in [1.165, 1.54) is 19.2 Å². The van der Waals surface area contributed by atoms with Gasteiger partial charge in [-0.05, 0) is 25.1 Å². The number of hydrogen-bond donors (Lipinski definition) is 1. The van der Waals surface area contributed by atoms with Gasteiger partial charge in [0, 0.05) is 11.1 Å². The van der Waals surface area contributed by atoms with Gasteiger partial charge in [-0.2, -0.15) is 0 Å². The van der Waals surface area contributed by atoms with E-state index in [0.717, 1.165) is 5.56 Å². The smallest absolute Gasteiger partial charge is 0.336 e. The Morgan fingerprint density at radius 2 is 1.65 bits per heavy atom. The van der Waals surface area contributed by atoms with Gasteiger partial charge in [0.15, 0.2) is 5.78 Å². The van der Waals surface area contributed by atoms with E-state index in [1.807, 2.05) is 19.1 Å². The Labute approximate surface area is 116 Å². The Balaban J connectivity index is 2.48. The van der Waals surface area contributed by atoms with Crippen molar-refractivity contribution >= 4 is 11.8 Å². The highest BCUT2D eigenvalue weighted by atomic mass is 16.5. The summed E-state index contributed by atoms with van der Waals surface area (Å²) in [6, 6.07) is 11.4. The highest BCUT2D eigenvalue weighted by Gasteiger charge is 2.18. The van der Waals surface area contributed by atoms with Gasteiger partial charge < -0.3 is 9.84 Å². The van der Waals surface area contributed by atoms with Crippen LogP contribution in [-0.2, 0) is 0 Å². The number of ketones is 1. The Morgan fingerprint density at radius 1 is 1.00 bits per heavy atom. The topological polar surface area (TPSA) is 63.6 Å². The summed E-state index contributed by atoms with van der Waals surface area (Å²) in [7, 11) is 1.45. The van der Waals surface area contributed by atoms with Crippen LogP contribution in [0.15, 0.2) is 42.5 Å². The molecule has 0 saturated heterocycles. The van der Waals surface area contributed by atoms with Gasteiger partial charge in [-0.1, -0.05) is 29.8 Å². The number of ether oxygens (including phenoxy) is 1. The maximum absolute atomic E-state index is 12.4. The second-order valence-electron chi connectivity index (χ2n) is 4.41. The minimum Gasteiger partial charge on any atom is -0.497 e. The maximum Gasteiger partial charge on any atom is 0.336 e. The molecule has 0 aliphatic carbocycles. The average molecular weight is 270 g/mol. The third-order valence-electron chi connectivity index (χ3n) is 3.02. The van der Waals surface area contributed by atoms with Crippen LogP contribution < -0.4 is 4.74 Å². The molecule has 0 aliphatic heterocycles. The molecule has 2 rings (SSSR count). The summed E-state index contributed by atoms with van der Waals surface area (Å²) in [6.45, 7) is 1.92. The third kappa shape index (κ3) is 2.69. The summed E-state index contributed by atoms with van der Waals surface area (Å²) in [5.41, 5.74) is 1.59. The van der Waals surface area contributed by atoms with Crippen molar-refractivity contribution < 1.29 is 19.4 Å². The predicted octanol–water partition coefficient (Wildman–Crippen LogP) is 2.93. The summed E-state index contributed by atoms with van der Waals surface area (Å²) in [4.78, 5) is 23.7. The standard InChI is InChI=1S/C16H14O4/c1-10-3-5-11(6-4-10)15(17)13-8-7-12(20-2)9-14(13)16(18)19/h3-9H,1-2H3,(H,18,19). The van der Waals surface area contributed by atoms with Crippen molar-refractivity contribution in [3.05, 3.63) is 64.7 Å². The Bertz CT molecular complexity index is 657. The first-order chi connectivity index (χ1) is 9.52. The molecular formula is C16H14O4. The summed E-state index contributed by atoms with van der Waals surface area (Å²) in [5.74, 6) is -1.06. The molecule has 1 N–H and O–H groups in total. The lowest BCUT2D eigenvalue weighted by Gasteiger charge is -2.08. The Morgan fingerprint density at radius 3 is 2.20 bits per heavy atom. The van der Waals surface area contributed by atoms with E-state index >= 15 is 0 Å². The van der Waals surface area contributed by atoms with Gasteiger partial charge >= 0.3 is 5.97 Å². The van der Waals surface area contributed by atoms with Crippen molar-refractivity contribution in [2.24, 2.45) is 0 Å². The van der Waals surface area contributed by atoms with Crippen LogP contribution in [0.1, 0.15) is 31.8 Å². The predicted molar refractivity (Wildman–Crippen MR) is 74.6 cm³/mol. The van der Waals surface area contributed by atoms with Crippen molar-refractivity contribution in [1.82, 2.24) is 0 Å². The highest BCUT2D eigenvalue weighted by Crippen LogP contribution is 2.21. The fourth-order valence-electron chi connectivity index (χ4n) is 1.89. The van der Waals surface area contributed by atoms with Gasteiger partial charge in [-0.25, -0.2) is 4.79 Å². The van der Waals surface area contributed by atoms with Crippen LogP contribution in [0.5, 0.6) is 5.75 Å². The summed E-state index contributed by atoms with van der Waals surface area (Å²) in [5, 5.41) is 9.22. The molecule has 0 aromatic heterocycles. The molecule has 0 fully saturated rings. The van der Waals surface area contributed by atoms with Crippen LogP contribution in [-0.4, -0.2) is 24.0 Å². The molecular weight excluding hydrogens is 256 g/mol. The molecule has 2 aromatic rings. The van der Waals surface area contributed by atoms with Crippen LogP contribution in [0, 0.1) is 6.92 Å². The van der Waals surface area contributed by atoms with E-state index in [2.05, 4.69) is 0 Å². The first-order valence-corrected chi connectivity index (χ1v) is 6.05. The largest absolute Gasteiger partial charge is 0.497 e. The van der Waals surface area contributed by atoms with Crippen LogP contribution in [0.25, 0.3) is 0 Å². The number of carboxylic acids is 1. The van der Waals surface area contributed by atoms with Crippen molar-refractivity contribution in [2.75, 3.05) is 7.11 Å². The van der Waals surface area contributed by atoms with Crippen molar-refractivity contribution in [2.45, 2.75) is 6.92 Å². The van der Waals surface area contributed by atoms with Gasteiger partial charge in [0.25, 0.3) is 0 Å². The van der Waals surface area contributed by atoms with E-state index in [-0.39, 0.29) is 16.9 Å². The van der Waals surface area contributed by atoms with E-state index in [1.54, 1.807) is 18.2 Å². The number of carbonyl (C=O) groups is 2. The molecule has 0 spiro atoms. The monoisotopic (exact) mass is 270 g/mol. The lowest BCUT2D eigenvalue weighted by Crippen LogP contribution is -2.10. The molecule has 2 aromatic carbocycles. The molecule has 4 nitrogen and oxygen atoms in total. The second kappa shape index (κ2) is 5.57. The molecule has 0 saturated carbocycles. The molecule has 4 heteroatoms. The molecule has 0 aliphatic rings. The van der Waals surface area contributed by atoms with Gasteiger partial charge in [0.2, 0.25) is 0 Å². The highest BCUT2D eigenvalue weighted by molar-refractivity contribution is 6.14. The Hall–Kier alpha value is -2.62. The maximum atomic E-state index is 12.4. The van der Waals surface area contributed by atoms with Crippen LogP contribution >= 0.6 is 0 Å². The molecule has 0 unspecified atom stereocenters. The first kappa shape index (κ1) is 13.8. The molecule has 0 bridgehead atoms. The molecule has 102 valence electrons. The van der Waals surface area contributed by atoms with E-state index in [9.17, 15) is 14.7 Å². The SMILES string of the molecule is COc1ccc(C(=O)c2ccc(C)cc2)c(C(=O)O)c1. The Kier molecular flexibility index (Phi) is 3.84. The van der Waals surface area contributed by atoms with Crippen LogP contribution in [0.4, 0.5) is 0 Å². The number of aryl methyl sites for hydroxylation is 1. The summed E-state index contributed by atoms with van der Waals surface area (Å²) in [6.07, 6.45) is 0. The average Bonchev–Trinajstić information content (AvgIpc) is 2.46. The van der Waals surface area contributed by atoms with Gasteiger partial charge in [0.1, 0.15) is 5.75 Å². The molecule has 0 amide bonds. The van der Waals surface area contributed by atoms with E-state index < -0.39 is 5.97 Å². The normalized spacial score (nSPS) is 10.1. The van der Waals surface area contributed by atoms with Gasteiger partial charge in [-0.15, -0.1) is 0 Å². The van der Waals surface area contributed by atoms with E-state index in [0.29, 0.717) is 11.3 Å². The second-order valence-corrected chi connectivity index (χ2v) is 4.41. The quantitative estimate of drug-likeness (QED) is 0.867. The third-order valence-corrected chi connectivity index (χ3v) is 3.02. The zero-order valence-corrected chi connectivity index (χ0v) is 11.2. The molecule has 0 radical (unpaired) electrons. The lowest BCUT2D eigenvalue weighted by atomic mass is 9.97.